The van der Waals surface area contributed by atoms with Gasteiger partial charge in [-0.2, -0.15) is 0 Å². The number of unbranched alkanes of at least 4 members (excludes halogenated alkanes) is 2. The Hall–Kier alpha value is -4.31. The summed E-state index contributed by atoms with van der Waals surface area (Å²) in [5, 5.41) is 11.2. The van der Waals surface area contributed by atoms with Gasteiger partial charge in [0.25, 0.3) is 5.91 Å². The topological polar surface area (TPSA) is 207 Å². The summed E-state index contributed by atoms with van der Waals surface area (Å²) >= 11 is 0. The number of carbonyl (C=O) groups excluding carboxylic acids is 5. The van der Waals surface area contributed by atoms with Crippen molar-refractivity contribution in [1.29, 1.82) is 0 Å². The van der Waals surface area contributed by atoms with Crippen LogP contribution >= 0.6 is 0 Å². The molecule has 2 aromatic carbocycles. The summed E-state index contributed by atoms with van der Waals surface area (Å²) < 4.78 is 12.9. The van der Waals surface area contributed by atoms with Crippen molar-refractivity contribution in [3.05, 3.63) is 59.7 Å². The Balaban J connectivity index is 1.10. The van der Waals surface area contributed by atoms with E-state index in [0.29, 0.717) is 43.2 Å². The maximum absolute atomic E-state index is 13.6. The second-order valence-corrected chi connectivity index (χ2v) is 17.9. The second kappa shape index (κ2) is 20.5. The number of nitrogens with one attached hydrogen (secondary N) is 4. The van der Waals surface area contributed by atoms with Gasteiger partial charge in [0.2, 0.25) is 23.6 Å². The molecule has 5 amide bonds. The van der Waals surface area contributed by atoms with Crippen LogP contribution in [0.15, 0.2) is 48.5 Å². The highest BCUT2D eigenvalue weighted by Crippen LogP contribution is 2.65. The molecule has 15 heteroatoms. The molecule has 8 unspecified atom stereocenters. The fraction of sp³-hybridized carbons (Fsp3) is 0.622. The SMILES string of the molecule is CCCCc1ccc(-c2ccc(C(=O)NC(CCN)C(=O)N(C)CC(=O)NC(C)C(=O)NC(CCCCN)C(=O)NC(C)B3OC4CC5CC(C5(C)C)C4(C)O3)cc2)cc1. The van der Waals surface area contributed by atoms with Crippen LogP contribution in [-0.2, 0) is 34.9 Å². The second-order valence-electron chi connectivity index (χ2n) is 17.9. The first-order valence-electron chi connectivity index (χ1n) is 21.9. The molecule has 3 aliphatic carbocycles. The number of nitrogens with zero attached hydrogens (tertiary/aromatic N) is 1. The Morgan fingerprint density at radius 1 is 0.817 bits per heavy atom. The number of carbonyl (C=O) groups is 5. The Labute approximate surface area is 356 Å². The van der Waals surface area contributed by atoms with Crippen molar-refractivity contribution in [1.82, 2.24) is 26.2 Å². The van der Waals surface area contributed by atoms with E-state index in [1.165, 1.54) is 24.4 Å². The smallest absolute Gasteiger partial charge is 0.404 e. The molecule has 14 nitrogen and oxygen atoms in total. The Bertz CT molecular complexity index is 1810. The fourth-order valence-corrected chi connectivity index (χ4v) is 9.20. The molecule has 3 saturated carbocycles. The average Bonchev–Trinajstić information content (AvgIpc) is 3.59. The summed E-state index contributed by atoms with van der Waals surface area (Å²) in [6, 6.07) is 12.7. The van der Waals surface area contributed by atoms with E-state index in [2.05, 4.69) is 73.2 Å². The Kier molecular flexibility index (Phi) is 16.0. The van der Waals surface area contributed by atoms with Crippen molar-refractivity contribution in [2.75, 3.05) is 26.7 Å². The maximum atomic E-state index is 13.6. The zero-order valence-electron chi connectivity index (χ0n) is 36.7. The van der Waals surface area contributed by atoms with E-state index < -0.39 is 60.4 Å². The van der Waals surface area contributed by atoms with Gasteiger partial charge >= 0.3 is 7.12 Å². The van der Waals surface area contributed by atoms with Gasteiger partial charge in [0.15, 0.2) is 0 Å². The average molecular weight is 830 g/mol. The van der Waals surface area contributed by atoms with Crippen LogP contribution < -0.4 is 32.7 Å². The van der Waals surface area contributed by atoms with Crippen LogP contribution in [0, 0.1) is 17.3 Å². The standard InChI is InChI=1S/C45H68BN7O7/c1-8-9-12-30-14-16-31(17-15-30)32-18-20-33(21-19-32)41(56)52-36(22-24-48)43(58)53(7)27-39(54)49-28(2)40(55)51-35(13-10-11-23-47)42(57)50-29(3)46-59-38-26-34-25-37(44(34,4)5)45(38,6)60-46/h14-21,28-29,34-38H,8-13,22-27,47-48H2,1-7H3,(H,49,54)(H,50,57)(H,51,55)(H,52,56). The zero-order chi connectivity index (χ0) is 43.8. The minimum atomic E-state index is -1.02. The highest BCUT2D eigenvalue weighted by molar-refractivity contribution is 6.47. The summed E-state index contributed by atoms with van der Waals surface area (Å²) in [6.45, 7) is 12.4. The number of amides is 5. The summed E-state index contributed by atoms with van der Waals surface area (Å²) in [5.74, 6) is -1.98. The molecule has 6 rings (SSSR count). The van der Waals surface area contributed by atoms with Crippen molar-refractivity contribution in [2.45, 2.75) is 135 Å². The molecule has 1 aliphatic heterocycles. The van der Waals surface area contributed by atoms with Crippen LogP contribution in [0.25, 0.3) is 11.1 Å². The maximum Gasteiger partial charge on any atom is 0.481 e. The zero-order valence-corrected chi connectivity index (χ0v) is 36.7. The third-order valence-corrected chi connectivity index (χ3v) is 13.2. The molecule has 1 heterocycles. The van der Waals surface area contributed by atoms with E-state index in [1.54, 1.807) is 12.1 Å². The molecule has 0 spiro atoms. The van der Waals surface area contributed by atoms with Gasteiger partial charge in [-0.1, -0.05) is 63.6 Å². The molecule has 2 bridgehead atoms. The third-order valence-electron chi connectivity index (χ3n) is 13.2. The molecule has 2 aromatic rings. The first kappa shape index (κ1) is 46.8. The third kappa shape index (κ3) is 10.9. The molecule has 60 heavy (non-hydrogen) atoms. The molecular weight excluding hydrogens is 761 g/mol. The number of aryl methyl sites for hydroxylation is 1. The number of likely N-dealkylation sites (N-methyl/N-ethyl adjacent to an activating group) is 1. The van der Waals surface area contributed by atoms with Crippen molar-refractivity contribution in [3.8, 4) is 11.1 Å². The molecule has 4 fully saturated rings. The fourth-order valence-electron chi connectivity index (χ4n) is 9.20. The predicted octanol–water partition coefficient (Wildman–Crippen LogP) is 3.49. The largest absolute Gasteiger partial charge is 0.481 e. The van der Waals surface area contributed by atoms with Gasteiger partial charge in [-0.25, -0.2) is 0 Å². The highest BCUT2D eigenvalue weighted by atomic mass is 16.7. The predicted molar refractivity (Wildman–Crippen MR) is 233 cm³/mol. The molecule has 328 valence electrons. The first-order valence-corrected chi connectivity index (χ1v) is 21.9. The molecule has 4 aliphatic rings. The van der Waals surface area contributed by atoms with Crippen LogP contribution in [0.2, 0.25) is 0 Å². The normalized spacial score (nSPS) is 23.2. The monoisotopic (exact) mass is 830 g/mol. The minimum Gasteiger partial charge on any atom is -0.404 e. The van der Waals surface area contributed by atoms with Gasteiger partial charge in [-0.05, 0) is 131 Å². The minimum absolute atomic E-state index is 0.0321. The number of hydrogen-bond acceptors (Lipinski definition) is 9. The van der Waals surface area contributed by atoms with E-state index >= 15 is 0 Å². The highest BCUT2D eigenvalue weighted by Gasteiger charge is 2.68. The van der Waals surface area contributed by atoms with E-state index in [9.17, 15) is 24.0 Å². The Morgan fingerprint density at radius 2 is 1.48 bits per heavy atom. The first-order chi connectivity index (χ1) is 28.5. The number of rotatable bonds is 21. The van der Waals surface area contributed by atoms with E-state index in [-0.39, 0.29) is 36.9 Å². The molecular formula is C45H68BN7O7. The lowest BCUT2D eigenvalue weighted by Gasteiger charge is -2.64. The summed E-state index contributed by atoms with van der Waals surface area (Å²) in [6.07, 6.45) is 7.11. The number of nitrogens with two attached hydrogens (primary N) is 2. The summed E-state index contributed by atoms with van der Waals surface area (Å²) in [4.78, 5) is 68.0. The number of hydrogen-bond donors (Lipinski definition) is 6. The number of benzene rings is 2. The van der Waals surface area contributed by atoms with Gasteiger partial charge < -0.3 is 46.9 Å². The van der Waals surface area contributed by atoms with Crippen LogP contribution in [0.5, 0.6) is 0 Å². The van der Waals surface area contributed by atoms with E-state index in [1.807, 2.05) is 19.1 Å². The van der Waals surface area contributed by atoms with E-state index in [0.717, 1.165) is 43.2 Å². The lowest BCUT2D eigenvalue weighted by atomic mass is 9.43. The van der Waals surface area contributed by atoms with Crippen molar-refractivity contribution >= 4 is 36.7 Å². The van der Waals surface area contributed by atoms with Crippen LogP contribution in [0.3, 0.4) is 0 Å². The van der Waals surface area contributed by atoms with Crippen molar-refractivity contribution in [2.24, 2.45) is 28.7 Å². The van der Waals surface area contributed by atoms with E-state index in [4.69, 9.17) is 20.8 Å². The van der Waals surface area contributed by atoms with Crippen LogP contribution in [0.1, 0.15) is 109 Å². The molecule has 8 atom stereocenters. The lowest BCUT2D eigenvalue weighted by Crippen LogP contribution is -2.65. The quantitative estimate of drug-likeness (QED) is 0.0804. The van der Waals surface area contributed by atoms with Gasteiger partial charge in [-0.15, -0.1) is 0 Å². The van der Waals surface area contributed by atoms with Crippen molar-refractivity contribution in [3.63, 3.8) is 0 Å². The Morgan fingerprint density at radius 3 is 2.10 bits per heavy atom. The van der Waals surface area contributed by atoms with Crippen LogP contribution in [0.4, 0.5) is 0 Å². The lowest BCUT2D eigenvalue weighted by molar-refractivity contribution is -0.199. The van der Waals surface area contributed by atoms with Gasteiger partial charge in [0.05, 0.1) is 24.2 Å². The summed E-state index contributed by atoms with van der Waals surface area (Å²) in [5.41, 5.74) is 15.0. The van der Waals surface area contributed by atoms with Crippen LogP contribution in [-0.4, -0.2) is 104 Å². The molecule has 0 radical (unpaired) electrons. The molecule has 0 aromatic heterocycles. The van der Waals surface area contributed by atoms with Crippen molar-refractivity contribution < 1.29 is 33.3 Å². The summed E-state index contributed by atoms with van der Waals surface area (Å²) in [7, 11) is 0.825. The molecule has 1 saturated heterocycles. The van der Waals surface area contributed by atoms with Gasteiger partial charge in [0, 0.05) is 12.6 Å². The van der Waals surface area contributed by atoms with Gasteiger partial charge in [-0.3, -0.25) is 24.0 Å². The van der Waals surface area contributed by atoms with Gasteiger partial charge in [0.1, 0.15) is 18.1 Å². The molecule has 8 N–H and O–H groups in total.